The lowest BCUT2D eigenvalue weighted by Gasteiger charge is -2.15. The topological polar surface area (TPSA) is 77.0 Å². The summed E-state index contributed by atoms with van der Waals surface area (Å²) in [7, 11) is 1.60. The largest absolute Gasteiger partial charge is 0.497 e. The molecule has 2 aromatic carbocycles. The standard InChI is InChI=1S/C24H28N2O4/c1-6-30-23(28)20(16-21(27)24(2,3)4)25-26-22(17-10-8-7-9-11-17)18-12-14-19(29-5)15-13-18/h7-16,25H,6H2,1-5H3. The zero-order chi connectivity index (χ0) is 22.1. The van der Waals surface area contributed by atoms with Crippen LogP contribution in [0.4, 0.5) is 0 Å². The summed E-state index contributed by atoms with van der Waals surface area (Å²) < 4.78 is 10.3. The normalized spacial score (nSPS) is 12.3. The predicted molar refractivity (Wildman–Crippen MR) is 117 cm³/mol. The molecule has 0 atom stereocenters. The molecule has 0 spiro atoms. The van der Waals surface area contributed by atoms with Gasteiger partial charge in [0.05, 0.1) is 19.4 Å². The number of hydrogen-bond donors (Lipinski definition) is 1. The Labute approximate surface area is 177 Å². The number of carbonyl (C=O) groups excluding carboxylic acids is 2. The van der Waals surface area contributed by atoms with Crippen LogP contribution in [0.2, 0.25) is 0 Å². The molecule has 158 valence electrons. The average molecular weight is 408 g/mol. The van der Waals surface area contributed by atoms with E-state index in [-0.39, 0.29) is 18.1 Å². The van der Waals surface area contributed by atoms with E-state index in [0.717, 1.165) is 16.9 Å². The van der Waals surface area contributed by atoms with Crippen molar-refractivity contribution < 1.29 is 19.1 Å². The average Bonchev–Trinajstić information content (AvgIpc) is 2.73. The van der Waals surface area contributed by atoms with E-state index in [1.54, 1.807) is 34.8 Å². The first-order chi connectivity index (χ1) is 14.3. The number of allylic oxidation sites excluding steroid dienone is 1. The summed E-state index contributed by atoms with van der Waals surface area (Å²) in [4.78, 5) is 24.8. The van der Waals surface area contributed by atoms with Crippen LogP contribution >= 0.6 is 0 Å². The molecule has 0 aliphatic carbocycles. The minimum atomic E-state index is -0.638. The lowest BCUT2D eigenvalue weighted by atomic mass is 9.90. The molecule has 0 heterocycles. The van der Waals surface area contributed by atoms with Crippen molar-refractivity contribution in [2.45, 2.75) is 27.7 Å². The van der Waals surface area contributed by atoms with E-state index in [2.05, 4.69) is 10.5 Å². The van der Waals surface area contributed by atoms with Crippen LogP contribution in [0.15, 0.2) is 71.5 Å². The van der Waals surface area contributed by atoms with Crippen LogP contribution < -0.4 is 10.2 Å². The molecule has 0 unspecified atom stereocenters. The third-order valence-electron chi connectivity index (χ3n) is 4.21. The van der Waals surface area contributed by atoms with Crippen LogP contribution in [0.3, 0.4) is 0 Å². The molecule has 0 aliphatic rings. The van der Waals surface area contributed by atoms with Crippen molar-refractivity contribution in [3.63, 3.8) is 0 Å². The lowest BCUT2D eigenvalue weighted by Crippen LogP contribution is -2.25. The van der Waals surface area contributed by atoms with E-state index in [0.29, 0.717) is 5.71 Å². The van der Waals surface area contributed by atoms with Crippen molar-refractivity contribution in [3.05, 3.63) is 77.5 Å². The fourth-order valence-electron chi connectivity index (χ4n) is 2.45. The maximum Gasteiger partial charge on any atom is 0.356 e. The highest BCUT2D eigenvalue weighted by atomic mass is 16.5. The third-order valence-corrected chi connectivity index (χ3v) is 4.21. The van der Waals surface area contributed by atoms with E-state index in [9.17, 15) is 9.59 Å². The fourth-order valence-corrected chi connectivity index (χ4v) is 2.45. The molecule has 0 aliphatic heterocycles. The highest BCUT2D eigenvalue weighted by molar-refractivity contribution is 6.13. The van der Waals surface area contributed by atoms with Gasteiger partial charge in [-0.25, -0.2) is 4.79 Å². The zero-order valence-corrected chi connectivity index (χ0v) is 18.1. The van der Waals surface area contributed by atoms with Gasteiger partial charge in [-0.3, -0.25) is 10.2 Å². The first-order valence-corrected chi connectivity index (χ1v) is 9.73. The molecule has 6 nitrogen and oxygen atoms in total. The Bertz CT molecular complexity index is 924. The Morgan fingerprint density at radius 2 is 1.60 bits per heavy atom. The molecule has 0 radical (unpaired) electrons. The van der Waals surface area contributed by atoms with Crippen LogP contribution in [-0.2, 0) is 14.3 Å². The summed E-state index contributed by atoms with van der Waals surface area (Å²) in [6.07, 6.45) is 1.25. The first kappa shape index (κ1) is 22.9. The van der Waals surface area contributed by atoms with E-state index in [1.807, 2.05) is 54.6 Å². The Kier molecular flexibility index (Phi) is 7.92. The molecule has 0 saturated carbocycles. The van der Waals surface area contributed by atoms with E-state index in [4.69, 9.17) is 9.47 Å². The van der Waals surface area contributed by atoms with Crippen LogP contribution in [0.5, 0.6) is 5.75 Å². The van der Waals surface area contributed by atoms with Gasteiger partial charge >= 0.3 is 5.97 Å². The number of nitrogens with one attached hydrogen (secondary N) is 1. The lowest BCUT2D eigenvalue weighted by molar-refractivity contribution is -0.139. The van der Waals surface area contributed by atoms with Gasteiger partial charge in [-0.05, 0) is 31.2 Å². The smallest absolute Gasteiger partial charge is 0.356 e. The molecule has 0 aromatic heterocycles. The van der Waals surface area contributed by atoms with Gasteiger partial charge in [-0.1, -0.05) is 51.1 Å². The molecular formula is C24H28N2O4. The number of hydrazone groups is 1. The van der Waals surface area contributed by atoms with Crippen molar-refractivity contribution in [3.8, 4) is 5.75 Å². The van der Waals surface area contributed by atoms with Gasteiger partial charge in [0.1, 0.15) is 11.4 Å². The molecule has 0 saturated heterocycles. The summed E-state index contributed by atoms with van der Waals surface area (Å²) in [6, 6.07) is 17.0. The zero-order valence-electron chi connectivity index (χ0n) is 18.1. The number of nitrogens with zero attached hydrogens (tertiary/aromatic N) is 1. The second-order valence-corrected chi connectivity index (χ2v) is 7.56. The van der Waals surface area contributed by atoms with Gasteiger partial charge in [0.2, 0.25) is 0 Å². The maximum absolute atomic E-state index is 12.5. The van der Waals surface area contributed by atoms with Crippen molar-refractivity contribution in [2.24, 2.45) is 10.5 Å². The van der Waals surface area contributed by atoms with Crippen LogP contribution in [0, 0.1) is 5.41 Å². The highest BCUT2D eigenvalue weighted by Gasteiger charge is 2.22. The van der Waals surface area contributed by atoms with Gasteiger partial charge in [-0.15, -0.1) is 0 Å². The van der Waals surface area contributed by atoms with Crippen LogP contribution in [-0.4, -0.2) is 31.2 Å². The second kappa shape index (κ2) is 10.4. The molecule has 0 bridgehead atoms. The molecule has 0 fully saturated rings. The molecular weight excluding hydrogens is 380 g/mol. The molecule has 1 N–H and O–H groups in total. The monoisotopic (exact) mass is 408 g/mol. The first-order valence-electron chi connectivity index (χ1n) is 9.73. The summed E-state index contributed by atoms with van der Waals surface area (Å²) in [6.45, 7) is 7.24. The van der Waals surface area contributed by atoms with Crippen molar-refractivity contribution in [1.82, 2.24) is 5.43 Å². The Morgan fingerprint density at radius 1 is 1.00 bits per heavy atom. The van der Waals surface area contributed by atoms with Crippen molar-refractivity contribution >= 4 is 17.5 Å². The Morgan fingerprint density at radius 3 is 2.13 bits per heavy atom. The quantitative estimate of drug-likeness (QED) is 0.308. The molecule has 0 amide bonds. The third kappa shape index (κ3) is 6.30. The van der Waals surface area contributed by atoms with Gasteiger partial charge < -0.3 is 9.47 Å². The van der Waals surface area contributed by atoms with Crippen molar-refractivity contribution in [2.75, 3.05) is 13.7 Å². The number of ketones is 1. The van der Waals surface area contributed by atoms with Gasteiger partial charge in [-0.2, -0.15) is 5.10 Å². The SMILES string of the molecule is CCOC(=O)C(=CC(=O)C(C)(C)C)NN=C(c1ccccc1)c1ccc(OC)cc1. The highest BCUT2D eigenvalue weighted by Crippen LogP contribution is 2.18. The molecule has 6 heteroatoms. The summed E-state index contributed by atoms with van der Waals surface area (Å²) >= 11 is 0. The van der Waals surface area contributed by atoms with Crippen molar-refractivity contribution in [1.29, 1.82) is 0 Å². The van der Waals surface area contributed by atoms with Crippen LogP contribution in [0.25, 0.3) is 0 Å². The Hall–Kier alpha value is -3.41. The minimum absolute atomic E-state index is 0.0151. The fraction of sp³-hybridized carbons (Fsp3) is 0.292. The number of rotatable bonds is 8. The minimum Gasteiger partial charge on any atom is -0.497 e. The summed E-state index contributed by atoms with van der Waals surface area (Å²) in [5.41, 5.74) is 4.38. The molecule has 2 aromatic rings. The summed E-state index contributed by atoms with van der Waals surface area (Å²) in [5, 5.41) is 4.46. The number of methoxy groups -OCH3 is 1. The number of hydrogen-bond acceptors (Lipinski definition) is 6. The number of esters is 1. The molecule has 30 heavy (non-hydrogen) atoms. The van der Waals surface area contributed by atoms with E-state index in [1.165, 1.54) is 6.08 Å². The van der Waals surface area contributed by atoms with E-state index < -0.39 is 11.4 Å². The van der Waals surface area contributed by atoms with Gasteiger partial charge in [0.15, 0.2) is 5.78 Å². The maximum atomic E-state index is 12.5. The number of ether oxygens (including phenoxy) is 2. The van der Waals surface area contributed by atoms with Gasteiger partial charge in [0.25, 0.3) is 0 Å². The second-order valence-electron chi connectivity index (χ2n) is 7.56. The Balaban J connectivity index is 2.47. The van der Waals surface area contributed by atoms with Crippen LogP contribution in [0.1, 0.15) is 38.8 Å². The molecule has 2 rings (SSSR count). The number of carbonyl (C=O) groups is 2. The predicted octanol–water partition coefficient (Wildman–Crippen LogP) is 4.10. The number of benzene rings is 2. The summed E-state index contributed by atoms with van der Waals surface area (Å²) in [5.74, 6) is -0.123. The van der Waals surface area contributed by atoms with E-state index >= 15 is 0 Å². The van der Waals surface area contributed by atoms with Gasteiger partial charge in [0, 0.05) is 22.6 Å².